The highest BCUT2D eigenvalue weighted by Crippen LogP contribution is 2.21. The lowest BCUT2D eigenvalue weighted by Gasteiger charge is -2.01. The summed E-state index contributed by atoms with van der Waals surface area (Å²) < 4.78 is 0. The van der Waals surface area contributed by atoms with Crippen molar-refractivity contribution < 1.29 is 14.8 Å². The molecule has 0 saturated carbocycles. The maximum absolute atomic E-state index is 10.7. The summed E-state index contributed by atoms with van der Waals surface area (Å²) in [5, 5.41) is 30.5. The van der Waals surface area contributed by atoms with Crippen molar-refractivity contribution in [1.82, 2.24) is 15.4 Å². The Morgan fingerprint density at radius 3 is 2.73 bits per heavy atom. The molecular weight excluding hydrogens is 204 g/mol. The Labute approximate surface area is 81.7 Å². The standard InChI is InChI=1S/C7H4N4O4/c12-7(13)4-1-3(11(14)15)2-5-6(4)9-10-8-5/h1-2H,(H,12,13)(H,8,9,10)/p-1. The normalized spacial score (nSPS) is 10.4. The highest BCUT2D eigenvalue weighted by molar-refractivity contribution is 6.00. The maximum atomic E-state index is 10.7. The second-order valence-corrected chi connectivity index (χ2v) is 2.73. The quantitative estimate of drug-likeness (QED) is 0.509. The number of nitro groups is 1. The maximum Gasteiger partial charge on any atom is 0.272 e. The molecular formula is C7H3N4O4-. The van der Waals surface area contributed by atoms with Crippen molar-refractivity contribution in [3.63, 3.8) is 0 Å². The lowest BCUT2D eigenvalue weighted by atomic mass is 10.1. The van der Waals surface area contributed by atoms with E-state index in [1.165, 1.54) is 0 Å². The van der Waals surface area contributed by atoms with Gasteiger partial charge >= 0.3 is 0 Å². The number of benzene rings is 1. The third-order valence-corrected chi connectivity index (χ3v) is 1.84. The molecule has 1 aromatic heterocycles. The molecule has 8 heteroatoms. The molecule has 76 valence electrons. The van der Waals surface area contributed by atoms with Crippen LogP contribution in [0.2, 0.25) is 0 Å². The summed E-state index contributed by atoms with van der Waals surface area (Å²) in [5.74, 6) is -1.53. The summed E-state index contributed by atoms with van der Waals surface area (Å²) in [6.45, 7) is 0. The number of hydrogen-bond donors (Lipinski definition) is 1. The van der Waals surface area contributed by atoms with Gasteiger partial charge in [0.1, 0.15) is 11.0 Å². The molecule has 1 heterocycles. The Hall–Kier alpha value is -2.51. The summed E-state index contributed by atoms with van der Waals surface area (Å²) in [4.78, 5) is 20.4. The molecule has 0 aliphatic carbocycles. The predicted molar refractivity (Wildman–Crippen MR) is 44.9 cm³/mol. The highest BCUT2D eigenvalue weighted by atomic mass is 16.6. The van der Waals surface area contributed by atoms with Gasteiger partial charge in [-0.1, -0.05) is 0 Å². The highest BCUT2D eigenvalue weighted by Gasteiger charge is 2.14. The van der Waals surface area contributed by atoms with Crippen molar-refractivity contribution in [2.45, 2.75) is 0 Å². The fraction of sp³-hybridized carbons (Fsp3) is 0. The van der Waals surface area contributed by atoms with Crippen LogP contribution in [0.25, 0.3) is 11.0 Å². The number of carbonyl (C=O) groups is 1. The van der Waals surface area contributed by atoms with E-state index in [0.717, 1.165) is 12.1 Å². The van der Waals surface area contributed by atoms with Crippen LogP contribution in [-0.2, 0) is 0 Å². The van der Waals surface area contributed by atoms with Gasteiger partial charge in [-0.3, -0.25) is 10.1 Å². The number of carboxylic acid groups (broad SMARTS) is 1. The summed E-state index contributed by atoms with van der Waals surface area (Å²) >= 11 is 0. The molecule has 0 radical (unpaired) electrons. The van der Waals surface area contributed by atoms with Crippen molar-refractivity contribution in [2.24, 2.45) is 0 Å². The molecule has 0 spiro atoms. The number of hydrogen-bond acceptors (Lipinski definition) is 6. The monoisotopic (exact) mass is 207 g/mol. The van der Waals surface area contributed by atoms with Crippen LogP contribution in [0.15, 0.2) is 12.1 Å². The Kier molecular flexibility index (Phi) is 1.82. The molecule has 0 fully saturated rings. The fourth-order valence-electron chi connectivity index (χ4n) is 1.20. The minimum absolute atomic E-state index is 0.0422. The van der Waals surface area contributed by atoms with Gasteiger partial charge in [0.25, 0.3) is 5.69 Å². The van der Waals surface area contributed by atoms with Crippen LogP contribution >= 0.6 is 0 Å². The van der Waals surface area contributed by atoms with E-state index in [-0.39, 0.29) is 22.3 Å². The largest absolute Gasteiger partial charge is 0.545 e. The predicted octanol–water partition coefficient (Wildman–Crippen LogP) is -0.770. The van der Waals surface area contributed by atoms with Gasteiger partial charge in [0.2, 0.25) is 0 Å². The first kappa shape index (κ1) is 9.06. The third kappa shape index (κ3) is 1.37. The Morgan fingerprint density at radius 2 is 2.13 bits per heavy atom. The van der Waals surface area contributed by atoms with Crippen LogP contribution in [0.5, 0.6) is 0 Å². The zero-order valence-corrected chi connectivity index (χ0v) is 7.13. The molecule has 0 bridgehead atoms. The van der Waals surface area contributed by atoms with Crippen molar-refractivity contribution in [2.75, 3.05) is 0 Å². The average molecular weight is 207 g/mol. The number of nitrogens with one attached hydrogen (secondary N) is 1. The van der Waals surface area contributed by atoms with E-state index in [1.54, 1.807) is 0 Å². The van der Waals surface area contributed by atoms with Crippen LogP contribution in [-0.4, -0.2) is 26.3 Å². The van der Waals surface area contributed by atoms with Gasteiger partial charge in [0, 0.05) is 17.7 Å². The molecule has 0 saturated heterocycles. The van der Waals surface area contributed by atoms with Crippen molar-refractivity contribution in [3.05, 3.63) is 27.8 Å². The number of fused-ring (bicyclic) bond motifs is 1. The summed E-state index contributed by atoms with van der Waals surface area (Å²) in [6.07, 6.45) is 0. The molecule has 2 aromatic rings. The number of aromatic nitrogens is 3. The number of nitro benzene ring substituents is 1. The first-order valence-electron chi connectivity index (χ1n) is 3.80. The smallest absolute Gasteiger partial charge is 0.272 e. The third-order valence-electron chi connectivity index (χ3n) is 1.84. The van der Waals surface area contributed by atoms with Gasteiger partial charge in [0.05, 0.1) is 10.9 Å². The first-order valence-corrected chi connectivity index (χ1v) is 3.80. The van der Waals surface area contributed by atoms with Crippen LogP contribution in [0.1, 0.15) is 10.4 Å². The number of carbonyl (C=O) groups excluding carboxylic acids is 1. The van der Waals surface area contributed by atoms with E-state index >= 15 is 0 Å². The second kappa shape index (κ2) is 3.01. The number of carboxylic acids is 1. The summed E-state index contributed by atoms with van der Waals surface area (Å²) in [5.41, 5.74) is -0.562. The van der Waals surface area contributed by atoms with Crippen molar-refractivity contribution in [3.8, 4) is 0 Å². The number of nitrogens with zero attached hydrogens (tertiary/aromatic N) is 3. The lowest BCUT2D eigenvalue weighted by molar-refractivity contribution is -0.384. The lowest BCUT2D eigenvalue weighted by Crippen LogP contribution is -2.22. The van der Waals surface area contributed by atoms with Crippen LogP contribution in [0.3, 0.4) is 0 Å². The summed E-state index contributed by atoms with van der Waals surface area (Å²) in [6, 6.07) is 2.02. The Balaban J connectivity index is 2.80. The van der Waals surface area contributed by atoms with E-state index in [0.29, 0.717) is 0 Å². The first-order chi connectivity index (χ1) is 7.09. The molecule has 1 aromatic carbocycles. The Bertz CT molecular complexity index is 561. The molecule has 0 atom stereocenters. The molecule has 0 unspecified atom stereocenters. The van der Waals surface area contributed by atoms with Gasteiger partial charge in [-0.25, -0.2) is 0 Å². The number of aromatic amines is 1. The molecule has 0 aliphatic heterocycles. The van der Waals surface area contributed by atoms with Crippen molar-refractivity contribution in [1.29, 1.82) is 0 Å². The van der Waals surface area contributed by atoms with Crippen LogP contribution in [0.4, 0.5) is 5.69 Å². The number of aromatic carboxylic acids is 1. The molecule has 15 heavy (non-hydrogen) atoms. The van der Waals surface area contributed by atoms with E-state index in [2.05, 4.69) is 15.4 Å². The number of H-pyrrole nitrogens is 1. The minimum atomic E-state index is -1.53. The van der Waals surface area contributed by atoms with E-state index < -0.39 is 10.9 Å². The topological polar surface area (TPSA) is 125 Å². The van der Waals surface area contributed by atoms with Gasteiger partial charge < -0.3 is 9.90 Å². The molecule has 0 aliphatic rings. The van der Waals surface area contributed by atoms with Crippen LogP contribution < -0.4 is 5.11 Å². The van der Waals surface area contributed by atoms with E-state index in [1.807, 2.05) is 0 Å². The molecule has 0 amide bonds. The molecule has 1 N–H and O–H groups in total. The van der Waals surface area contributed by atoms with E-state index in [9.17, 15) is 20.0 Å². The number of non-ortho nitro benzene ring substituents is 1. The Morgan fingerprint density at radius 1 is 1.40 bits per heavy atom. The zero-order chi connectivity index (χ0) is 11.0. The van der Waals surface area contributed by atoms with Gasteiger partial charge in [-0.05, 0) is 0 Å². The minimum Gasteiger partial charge on any atom is -0.545 e. The number of rotatable bonds is 2. The average Bonchev–Trinajstić information content (AvgIpc) is 2.62. The van der Waals surface area contributed by atoms with Gasteiger partial charge in [-0.15, -0.1) is 0 Å². The molecule has 2 rings (SSSR count). The van der Waals surface area contributed by atoms with Crippen molar-refractivity contribution >= 4 is 22.7 Å². The second-order valence-electron chi connectivity index (χ2n) is 2.73. The van der Waals surface area contributed by atoms with Crippen LogP contribution in [0, 0.1) is 10.1 Å². The van der Waals surface area contributed by atoms with Gasteiger partial charge in [-0.2, -0.15) is 15.4 Å². The SMILES string of the molecule is O=C([O-])c1cc([N+](=O)[O-])cc2n[nH]nc12. The van der Waals surface area contributed by atoms with Gasteiger partial charge in [0.15, 0.2) is 0 Å². The molecule has 8 nitrogen and oxygen atoms in total. The van der Waals surface area contributed by atoms with E-state index in [4.69, 9.17) is 0 Å². The summed E-state index contributed by atoms with van der Waals surface area (Å²) in [7, 11) is 0. The fourth-order valence-corrected chi connectivity index (χ4v) is 1.20. The zero-order valence-electron chi connectivity index (χ0n) is 7.13.